The fraction of sp³-hybridized carbons (Fsp3) is 0.538. The molecule has 1 atom stereocenters. The Morgan fingerprint density at radius 2 is 1.95 bits per heavy atom. The second-order valence-electron chi connectivity index (χ2n) is 4.61. The van der Waals surface area contributed by atoms with Gasteiger partial charge in [0.25, 0.3) is 0 Å². The maximum Gasteiger partial charge on any atom is 0.241 e. The first kappa shape index (κ1) is 15.2. The average molecular weight is 291 g/mol. The molecule has 1 unspecified atom stereocenters. The van der Waals surface area contributed by atoms with Crippen molar-refractivity contribution in [1.82, 2.24) is 24.5 Å². The highest BCUT2D eigenvalue weighted by molar-refractivity contribution is 5.38. The third-order valence-electron chi connectivity index (χ3n) is 2.81. The van der Waals surface area contributed by atoms with Crippen LogP contribution in [0.15, 0.2) is 18.7 Å². The van der Waals surface area contributed by atoms with Crippen LogP contribution in [0.4, 0.5) is 11.9 Å². The van der Waals surface area contributed by atoms with Crippen LogP contribution in [0.3, 0.4) is 0 Å². The van der Waals surface area contributed by atoms with Gasteiger partial charge in [-0.3, -0.25) is 4.57 Å². The molecular formula is C13H21N7O. The lowest BCUT2D eigenvalue weighted by Crippen LogP contribution is -2.21. The van der Waals surface area contributed by atoms with Crippen molar-refractivity contribution in [2.24, 2.45) is 0 Å². The van der Waals surface area contributed by atoms with Crippen LogP contribution >= 0.6 is 0 Å². The van der Waals surface area contributed by atoms with Crippen molar-refractivity contribution < 1.29 is 5.11 Å². The molecule has 8 nitrogen and oxygen atoms in total. The normalized spacial score (nSPS) is 12.1. The summed E-state index contributed by atoms with van der Waals surface area (Å²) < 4.78 is 1.70. The monoisotopic (exact) mass is 291 g/mol. The second-order valence-corrected chi connectivity index (χ2v) is 4.61. The predicted molar refractivity (Wildman–Crippen MR) is 80.5 cm³/mol. The molecule has 2 aromatic heterocycles. The van der Waals surface area contributed by atoms with Crippen molar-refractivity contribution in [3.63, 3.8) is 0 Å². The maximum atomic E-state index is 9.77. The van der Waals surface area contributed by atoms with Crippen molar-refractivity contribution in [3.8, 4) is 5.95 Å². The summed E-state index contributed by atoms with van der Waals surface area (Å²) >= 11 is 0. The molecule has 21 heavy (non-hydrogen) atoms. The topological polar surface area (TPSA) is 101 Å². The number of aromatic nitrogens is 5. The molecule has 0 spiro atoms. The number of rotatable bonds is 8. The molecule has 0 amide bonds. The Bertz CT molecular complexity index is 543. The average Bonchev–Trinajstić information content (AvgIpc) is 3.00. The van der Waals surface area contributed by atoms with Gasteiger partial charge in [-0.25, -0.2) is 4.98 Å². The summed E-state index contributed by atoms with van der Waals surface area (Å²) in [5.74, 6) is 1.40. The van der Waals surface area contributed by atoms with E-state index in [1.807, 2.05) is 13.8 Å². The quantitative estimate of drug-likeness (QED) is 0.668. The molecular weight excluding hydrogens is 270 g/mol. The van der Waals surface area contributed by atoms with Gasteiger partial charge in [0, 0.05) is 25.5 Å². The van der Waals surface area contributed by atoms with Gasteiger partial charge in [-0.2, -0.15) is 15.0 Å². The first-order valence-corrected chi connectivity index (χ1v) is 7.13. The third kappa shape index (κ3) is 4.38. The summed E-state index contributed by atoms with van der Waals surface area (Å²) in [5, 5.41) is 15.9. The number of nitrogens with one attached hydrogen (secondary N) is 2. The molecule has 0 radical (unpaired) electrons. The summed E-state index contributed by atoms with van der Waals surface area (Å²) in [6.45, 7) is 5.13. The predicted octanol–water partition coefficient (Wildman–Crippen LogP) is 1.06. The van der Waals surface area contributed by atoms with E-state index in [1.54, 1.807) is 23.3 Å². The maximum absolute atomic E-state index is 9.77. The summed E-state index contributed by atoms with van der Waals surface area (Å²) in [4.78, 5) is 16.9. The van der Waals surface area contributed by atoms with E-state index in [9.17, 15) is 5.11 Å². The van der Waals surface area contributed by atoms with Crippen molar-refractivity contribution in [1.29, 1.82) is 0 Å². The standard InChI is InChI=1S/C13H21N7O/c1-3-5-10(21)8-16-12-17-11(15-4-2)18-13(19-12)20-7-6-14-9-20/h6-7,9-10,21H,3-5,8H2,1-2H3,(H2,15,16,17,18,19). The molecule has 0 aliphatic heterocycles. The zero-order valence-corrected chi connectivity index (χ0v) is 12.3. The van der Waals surface area contributed by atoms with Crippen LogP contribution in [0, 0.1) is 0 Å². The molecule has 3 N–H and O–H groups in total. The summed E-state index contributed by atoms with van der Waals surface area (Å²) in [6, 6.07) is 0. The fourth-order valence-electron chi connectivity index (χ4n) is 1.82. The third-order valence-corrected chi connectivity index (χ3v) is 2.81. The van der Waals surface area contributed by atoms with Crippen LogP contribution < -0.4 is 10.6 Å². The van der Waals surface area contributed by atoms with Crippen LogP contribution in [0.1, 0.15) is 26.7 Å². The van der Waals surface area contributed by atoms with Gasteiger partial charge in [-0.1, -0.05) is 13.3 Å². The number of nitrogens with zero attached hydrogens (tertiary/aromatic N) is 5. The first-order chi connectivity index (χ1) is 10.2. The van der Waals surface area contributed by atoms with Crippen LogP contribution in [-0.2, 0) is 0 Å². The van der Waals surface area contributed by atoms with E-state index in [0.717, 1.165) is 12.8 Å². The van der Waals surface area contributed by atoms with E-state index in [-0.39, 0.29) is 0 Å². The van der Waals surface area contributed by atoms with Crippen molar-refractivity contribution >= 4 is 11.9 Å². The SMILES string of the molecule is CCCC(O)CNc1nc(NCC)nc(-n2ccnc2)n1. The minimum atomic E-state index is -0.411. The summed E-state index contributed by atoms with van der Waals surface area (Å²) in [6.07, 6.45) is 6.32. The van der Waals surface area contributed by atoms with E-state index in [2.05, 4.69) is 30.6 Å². The highest BCUT2D eigenvalue weighted by atomic mass is 16.3. The molecule has 8 heteroatoms. The minimum absolute atomic E-state index is 0.410. The molecule has 0 aliphatic carbocycles. The zero-order valence-electron chi connectivity index (χ0n) is 12.3. The summed E-state index contributed by atoms with van der Waals surface area (Å²) in [5.41, 5.74) is 0. The van der Waals surface area contributed by atoms with Gasteiger partial charge >= 0.3 is 0 Å². The first-order valence-electron chi connectivity index (χ1n) is 7.13. The second kappa shape index (κ2) is 7.53. The number of imidazole rings is 1. The van der Waals surface area contributed by atoms with Gasteiger partial charge in [0.05, 0.1) is 6.10 Å². The van der Waals surface area contributed by atoms with Gasteiger partial charge in [0.1, 0.15) is 6.33 Å². The lowest BCUT2D eigenvalue weighted by atomic mass is 10.2. The van der Waals surface area contributed by atoms with E-state index < -0.39 is 6.10 Å². The summed E-state index contributed by atoms with van der Waals surface area (Å²) in [7, 11) is 0. The molecule has 0 aliphatic rings. The Hall–Kier alpha value is -2.22. The number of aliphatic hydroxyl groups excluding tert-OH is 1. The molecule has 2 rings (SSSR count). The number of hydrogen-bond donors (Lipinski definition) is 3. The number of hydrogen-bond acceptors (Lipinski definition) is 7. The molecule has 0 saturated heterocycles. The van der Waals surface area contributed by atoms with Gasteiger partial charge in [-0.15, -0.1) is 0 Å². The lowest BCUT2D eigenvalue weighted by Gasteiger charge is -2.12. The van der Waals surface area contributed by atoms with E-state index in [4.69, 9.17) is 0 Å². The van der Waals surface area contributed by atoms with Gasteiger partial charge in [0.15, 0.2) is 0 Å². The van der Waals surface area contributed by atoms with E-state index in [0.29, 0.717) is 30.9 Å². The Kier molecular flexibility index (Phi) is 5.44. The zero-order chi connectivity index (χ0) is 15.1. The van der Waals surface area contributed by atoms with Crippen LogP contribution in [0.5, 0.6) is 0 Å². The Morgan fingerprint density at radius 1 is 1.19 bits per heavy atom. The van der Waals surface area contributed by atoms with Gasteiger partial charge < -0.3 is 15.7 Å². The van der Waals surface area contributed by atoms with Crippen molar-refractivity contribution in [2.45, 2.75) is 32.8 Å². The molecule has 0 aromatic carbocycles. The number of anilines is 2. The van der Waals surface area contributed by atoms with Crippen molar-refractivity contribution in [2.75, 3.05) is 23.7 Å². The van der Waals surface area contributed by atoms with E-state index in [1.165, 1.54) is 0 Å². The largest absolute Gasteiger partial charge is 0.391 e. The Morgan fingerprint density at radius 3 is 2.57 bits per heavy atom. The van der Waals surface area contributed by atoms with E-state index >= 15 is 0 Å². The Labute approximate surface area is 123 Å². The minimum Gasteiger partial charge on any atom is -0.391 e. The molecule has 0 bridgehead atoms. The number of aliphatic hydroxyl groups is 1. The molecule has 0 saturated carbocycles. The Balaban J connectivity index is 2.16. The molecule has 2 aromatic rings. The van der Waals surface area contributed by atoms with Crippen LogP contribution in [0.2, 0.25) is 0 Å². The van der Waals surface area contributed by atoms with Gasteiger partial charge in [-0.05, 0) is 13.3 Å². The van der Waals surface area contributed by atoms with Gasteiger partial charge in [0.2, 0.25) is 17.8 Å². The van der Waals surface area contributed by atoms with Crippen LogP contribution in [-0.4, -0.2) is 48.8 Å². The fourth-order valence-corrected chi connectivity index (χ4v) is 1.82. The van der Waals surface area contributed by atoms with Crippen LogP contribution in [0.25, 0.3) is 5.95 Å². The molecule has 114 valence electrons. The lowest BCUT2D eigenvalue weighted by molar-refractivity contribution is 0.176. The molecule has 0 fully saturated rings. The smallest absolute Gasteiger partial charge is 0.241 e. The highest BCUT2D eigenvalue weighted by Crippen LogP contribution is 2.09. The highest BCUT2D eigenvalue weighted by Gasteiger charge is 2.09. The van der Waals surface area contributed by atoms with Crippen molar-refractivity contribution in [3.05, 3.63) is 18.7 Å². The molecule has 2 heterocycles.